The minimum absolute atomic E-state index is 0.883. The molecule has 4 heteroatoms. The fourth-order valence-corrected chi connectivity index (χ4v) is 0.378. The summed E-state index contributed by atoms with van der Waals surface area (Å²) in [5.41, 5.74) is 0. The van der Waals surface area contributed by atoms with E-state index in [1.807, 2.05) is 0 Å². The summed E-state index contributed by atoms with van der Waals surface area (Å²) < 4.78 is 25.5. The Morgan fingerprint density at radius 1 is 1.67 bits per heavy atom. The molecule has 0 aliphatic carbocycles. The van der Waals surface area contributed by atoms with E-state index in [9.17, 15) is 8.78 Å². The SMILES string of the molecule is C[SiH2]OC(F)F. The largest absolute Gasteiger partial charge is 0.372 e. The van der Waals surface area contributed by atoms with Crippen molar-refractivity contribution in [2.75, 3.05) is 0 Å². The van der Waals surface area contributed by atoms with Crippen molar-refractivity contribution in [3.8, 4) is 0 Å². The monoisotopic (exact) mass is 112 g/mol. The Hall–Kier alpha value is 0.0369. The molecule has 0 N–H and O–H groups in total. The second-order valence-electron chi connectivity index (χ2n) is 0.716. The van der Waals surface area contributed by atoms with Crippen molar-refractivity contribution in [2.24, 2.45) is 0 Å². The van der Waals surface area contributed by atoms with E-state index in [1.165, 1.54) is 0 Å². The first-order valence-corrected chi connectivity index (χ1v) is 3.66. The molecule has 0 aromatic heterocycles. The van der Waals surface area contributed by atoms with Gasteiger partial charge in [0, 0.05) is 0 Å². The van der Waals surface area contributed by atoms with Gasteiger partial charge in [-0.3, -0.25) is 0 Å². The highest BCUT2D eigenvalue weighted by Gasteiger charge is 1.94. The third-order valence-corrected chi connectivity index (χ3v) is 0.878. The van der Waals surface area contributed by atoms with Gasteiger partial charge in [-0.15, -0.1) is 0 Å². The molecule has 0 unspecified atom stereocenters. The van der Waals surface area contributed by atoms with Crippen LogP contribution in [0.15, 0.2) is 0 Å². The molecule has 0 heterocycles. The highest BCUT2D eigenvalue weighted by Crippen LogP contribution is 1.89. The Labute approximate surface area is 37.2 Å². The molecule has 38 valence electrons. The molecule has 6 heavy (non-hydrogen) atoms. The third kappa shape index (κ3) is 4.04. The average molecular weight is 112 g/mol. The first kappa shape index (κ1) is 6.04. The lowest BCUT2D eigenvalue weighted by molar-refractivity contribution is -0.0479. The zero-order valence-corrected chi connectivity index (χ0v) is 4.86. The van der Waals surface area contributed by atoms with E-state index in [0.717, 1.165) is 0 Å². The summed E-state index contributed by atoms with van der Waals surface area (Å²) in [6, 6.07) is 0. The van der Waals surface area contributed by atoms with E-state index in [1.54, 1.807) is 6.55 Å². The fraction of sp³-hybridized carbons (Fsp3) is 1.00. The van der Waals surface area contributed by atoms with Crippen LogP contribution in [0.4, 0.5) is 8.78 Å². The molecule has 0 aliphatic rings. The summed E-state index contributed by atoms with van der Waals surface area (Å²) >= 11 is 0. The predicted octanol–water partition coefficient (Wildman–Crippen LogP) is 0.357. The van der Waals surface area contributed by atoms with Gasteiger partial charge in [0.15, 0.2) is 9.76 Å². The lowest BCUT2D eigenvalue weighted by atomic mass is 11.5. The lowest BCUT2D eigenvalue weighted by Gasteiger charge is -1.92. The Morgan fingerprint density at radius 3 is 2.17 bits per heavy atom. The number of rotatable bonds is 2. The summed E-state index contributed by atoms with van der Waals surface area (Å²) in [6.07, 6.45) is 0. The lowest BCUT2D eigenvalue weighted by Crippen LogP contribution is -1.99. The first-order chi connectivity index (χ1) is 2.77. The van der Waals surface area contributed by atoms with Crippen LogP contribution in [0.2, 0.25) is 6.55 Å². The maximum absolute atomic E-state index is 10.8. The Morgan fingerprint density at radius 2 is 2.17 bits per heavy atom. The van der Waals surface area contributed by atoms with E-state index in [2.05, 4.69) is 4.43 Å². The van der Waals surface area contributed by atoms with Gasteiger partial charge >= 0.3 is 6.61 Å². The highest BCUT2D eigenvalue weighted by atomic mass is 28.2. The Kier molecular flexibility index (Phi) is 3.26. The van der Waals surface area contributed by atoms with Crippen molar-refractivity contribution < 1.29 is 13.2 Å². The quantitative estimate of drug-likeness (QED) is 0.468. The molecule has 0 amide bonds. The Bertz CT molecular complexity index is 32.7. The van der Waals surface area contributed by atoms with Crippen LogP contribution in [-0.2, 0) is 4.43 Å². The van der Waals surface area contributed by atoms with Gasteiger partial charge in [-0.2, -0.15) is 8.78 Å². The second kappa shape index (κ2) is 3.24. The van der Waals surface area contributed by atoms with Gasteiger partial charge in [0.2, 0.25) is 0 Å². The molecule has 0 spiro atoms. The standard InChI is InChI=1S/C2H6F2OSi/c1-6-5-2(3)4/h2H,6H2,1H3. The molecule has 0 bridgehead atoms. The van der Waals surface area contributed by atoms with Crippen molar-refractivity contribution in [3.63, 3.8) is 0 Å². The van der Waals surface area contributed by atoms with Gasteiger partial charge < -0.3 is 4.43 Å². The van der Waals surface area contributed by atoms with Crippen LogP contribution in [-0.4, -0.2) is 16.4 Å². The molecule has 0 aromatic rings. The normalized spacial score (nSPS) is 12.0. The summed E-state index contributed by atoms with van der Waals surface area (Å²) in [7, 11) is -0.883. The first-order valence-electron chi connectivity index (χ1n) is 1.67. The Balaban J connectivity index is 2.63. The molecule has 0 saturated heterocycles. The van der Waals surface area contributed by atoms with Gasteiger partial charge in [0.05, 0.1) is 0 Å². The van der Waals surface area contributed by atoms with Gasteiger partial charge in [-0.05, 0) is 0 Å². The van der Waals surface area contributed by atoms with Crippen molar-refractivity contribution in [1.29, 1.82) is 0 Å². The number of halogens is 2. The molecular formula is C2H6F2OSi. The summed E-state index contributed by atoms with van der Waals surface area (Å²) in [4.78, 5) is 0. The maximum Gasteiger partial charge on any atom is 0.335 e. The summed E-state index contributed by atoms with van der Waals surface area (Å²) in [5.74, 6) is 0. The van der Waals surface area contributed by atoms with Crippen LogP contribution in [0.25, 0.3) is 0 Å². The number of hydrogen-bond acceptors (Lipinski definition) is 1. The predicted molar refractivity (Wildman–Crippen MR) is 21.5 cm³/mol. The zero-order chi connectivity index (χ0) is 4.99. The van der Waals surface area contributed by atoms with Gasteiger partial charge in [0.1, 0.15) is 0 Å². The maximum atomic E-state index is 10.8. The average Bonchev–Trinajstić information content (AvgIpc) is 1.35. The zero-order valence-electron chi connectivity index (χ0n) is 3.45. The minimum Gasteiger partial charge on any atom is -0.372 e. The van der Waals surface area contributed by atoms with Gasteiger partial charge in [-0.1, -0.05) is 6.55 Å². The molecule has 0 aliphatic heterocycles. The molecule has 0 aromatic carbocycles. The molecule has 0 rings (SSSR count). The van der Waals surface area contributed by atoms with Gasteiger partial charge in [0.25, 0.3) is 0 Å². The molecule has 0 atom stereocenters. The van der Waals surface area contributed by atoms with Crippen molar-refractivity contribution in [3.05, 3.63) is 0 Å². The topological polar surface area (TPSA) is 9.23 Å². The summed E-state index contributed by atoms with van der Waals surface area (Å²) in [6.45, 7) is -0.881. The molecule has 0 fully saturated rings. The van der Waals surface area contributed by atoms with Crippen molar-refractivity contribution in [2.45, 2.75) is 13.2 Å². The fourth-order valence-electron chi connectivity index (χ4n) is 0.126. The van der Waals surface area contributed by atoms with Crippen molar-refractivity contribution in [1.82, 2.24) is 0 Å². The smallest absolute Gasteiger partial charge is 0.335 e. The molecule has 1 nitrogen and oxygen atoms in total. The van der Waals surface area contributed by atoms with Crippen LogP contribution < -0.4 is 0 Å². The molecular weight excluding hydrogens is 106 g/mol. The van der Waals surface area contributed by atoms with Crippen LogP contribution in [0.3, 0.4) is 0 Å². The van der Waals surface area contributed by atoms with E-state index in [-0.39, 0.29) is 0 Å². The van der Waals surface area contributed by atoms with Gasteiger partial charge in [-0.25, -0.2) is 0 Å². The molecule has 0 saturated carbocycles. The van der Waals surface area contributed by atoms with E-state index >= 15 is 0 Å². The second-order valence-corrected chi connectivity index (χ2v) is 1.63. The third-order valence-electron chi connectivity index (χ3n) is 0.293. The van der Waals surface area contributed by atoms with E-state index < -0.39 is 16.4 Å². The van der Waals surface area contributed by atoms with Crippen LogP contribution in [0, 0.1) is 0 Å². The highest BCUT2D eigenvalue weighted by molar-refractivity contribution is 6.24. The van der Waals surface area contributed by atoms with Crippen LogP contribution in [0.5, 0.6) is 0 Å². The minimum atomic E-state index is -2.54. The number of alkyl halides is 2. The van der Waals surface area contributed by atoms with Crippen molar-refractivity contribution >= 4 is 9.76 Å². The van der Waals surface area contributed by atoms with E-state index in [4.69, 9.17) is 0 Å². The molecule has 0 radical (unpaired) electrons. The van der Waals surface area contributed by atoms with Crippen LogP contribution >= 0.6 is 0 Å². The van der Waals surface area contributed by atoms with E-state index in [0.29, 0.717) is 0 Å². The summed E-state index contributed by atoms with van der Waals surface area (Å²) in [5, 5.41) is 0. The van der Waals surface area contributed by atoms with Crippen LogP contribution in [0.1, 0.15) is 0 Å². The number of hydrogen-bond donors (Lipinski definition) is 0.